The summed E-state index contributed by atoms with van der Waals surface area (Å²) in [5.41, 5.74) is 3.59. The Morgan fingerprint density at radius 2 is 1.05 bits per heavy atom. The van der Waals surface area contributed by atoms with Crippen LogP contribution in [-0.4, -0.2) is 24.3 Å². The van der Waals surface area contributed by atoms with Crippen molar-refractivity contribution in [3.63, 3.8) is 0 Å². The van der Waals surface area contributed by atoms with Gasteiger partial charge in [-0.2, -0.15) is 30.3 Å². The molecule has 0 aliphatic heterocycles. The number of benzene rings is 6. The molecule has 0 saturated carbocycles. The first-order valence-corrected chi connectivity index (χ1v) is 16.3. The molecule has 42 heavy (non-hydrogen) atoms. The molecule has 0 spiro atoms. The van der Waals surface area contributed by atoms with Crippen molar-refractivity contribution < 1.29 is 30.7 Å². The van der Waals surface area contributed by atoms with Crippen LogP contribution in [0.2, 0.25) is 0 Å². The molecule has 6 aromatic carbocycles. The van der Waals surface area contributed by atoms with Crippen LogP contribution in [0.1, 0.15) is 0 Å². The van der Waals surface area contributed by atoms with Gasteiger partial charge in [0.2, 0.25) is 0 Å². The summed E-state index contributed by atoms with van der Waals surface area (Å²) in [5, 5.41) is 10.1. The summed E-state index contributed by atoms with van der Waals surface area (Å²) in [5.74, 6) is 0.226. The van der Waals surface area contributed by atoms with Crippen LogP contribution in [0.4, 0.5) is 0 Å². The van der Waals surface area contributed by atoms with Crippen LogP contribution < -0.4 is 17.6 Å². The summed E-state index contributed by atoms with van der Waals surface area (Å²) in [4.78, 5) is 0. The molecule has 7 aromatic rings. The van der Waals surface area contributed by atoms with Crippen LogP contribution in [-0.2, 0) is 21.1 Å². The van der Waals surface area contributed by atoms with E-state index >= 15 is 0 Å². The summed E-state index contributed by atoms with van der Waals surface area (Å²) in [6, 6.07) is 59.0. The van der Waals surface area contributed by atoms with Crippen molar-refractivity contribution in [3.05, 3.63) is 176 Å². The quantitative estimate of drug-likeness (QED) is 0.141. The predicted molar refractivity (Wildman–Crippen MR) is 168 cm³/mol. The molecule has 3 nitrogen and oxygen atoms in total. The van der Waals surface area contributed by atoms with E-state index in [1.807, 2.05) is 75.9 Å². The number of phenolic OH excluding ortho intramolecular Hbond substituents is 1. The van der Waals surface area contributed by atoms with Gasteiger partial charge in [-0.25, -0.2) is 0 Å². The number of para-hydroxylation sites is 5. The fourth-order valence-electron chi connectivity index (χ4n) is 4.77. The van der Waals surface area contributed by atoms with Crippen LogP contribution in [0.5, 0.6) is 5.75 Å². The summed E-state index contributed by atoms with van der Waals surface area (Å²) in [7, 11) is 0. The van der Waals surface area contributed by atoms with Gasteiger partial charge in [0.25, 0.3) is 6.33 Å². The zero-order chi connectivity index (χ0) is 27.9. The maximum absolute atomic E-state index is 10.1. The van der Waals surface area contributed by atoms with Crippen LogP contribution >= 0.6 is 0 Å². The molecule has 0 amide bonds. The molecule has 0 unspecified atom stereocenters. The number of hydrogen-bond donors (Lipinski definition) is 1. The first-order valence-electron chi connectivity index (χ1n) is 13.5. The van der Waals surface area contributed by atoms with Gasteiger partial charge < -0.3 is 9.67 Å². The average Bonchev–Trinajstić information content (AvgIpc) is 3.43. The molecule has 1 heterocycles. The van der Waals surface area contributed by atoms with E-state index in [1.165, 1.54) is 13.1 Å². The van der Waals surface area contributed by atoms with E-state index < -0.39 is 14.7 Å². The summed E-state index contributed by atoms with van der Waals surface area (Å²) in [6.07, 6.45) is 3.31. The molecule has 0 aliphatic carbocycles. The SMILES string of the molecule is Oc1ccccc1-[n+]1[c-]n(-c2[c-]cccc2)c2ccccc21.[Pt+2].c1ccc([As](c2ccccc2)c2ccccc2)cc1. The standard InChI is InChI=1S/C19H13N2O.C18H15As.Pt/c22-19-13-7-6-12-18(19)21-14-20(15-8-2-1-3-9-15)16-10-4-5-11-17(16)21;1-4-10-16(11-5-1)19(17-12-6-2-7-13-17)18-14-8-3-9-15-18;/h1-8,10-13,22H;1-15H;/q-1;;+2. The molecule has 7 rings (SSSR count). The third-order valence-corrected chi connectivity index (χ3v) is 11.8. The zero-order valence-corrected chi connectivity index (χ0v) is 26.8. The Hall–Kier alpha value is -4.16. The fourth-order valence-corrected chi connectivity index (χ4v) is 9.61. The molecular weight excluding hydrogens is 758 g/mol. The second kappa shape index (κ2) is 14.1. The van der Waals surface area contributed by atoms with Crippen LogP contribution in [0, 0.1) is 12.4 Å². The van der Waals surface area contributed by atoms with Crippen molar-refractivity contribution in [3.8, 4) is 17.1 Å². The van der Waals surface area contributed by atoms with Gasteiger partial charge in [-0.3, -0.25) is 4.57 Å². The number of hydrogen-bond acceptors (Lipinski definition) is 1. The minimum absolute atomic E-state index is 0. The van der Waals surface area contributed by atoms with E-state index in [0.717, 1.165) is 16.7 Å². The second-order valence-corrected chi connectivity index (χ2v) is 14.0. The molecule has 0 atom stereocenters. The zero-order valence-electron chi connectivity index (χ0n) is 22.7. The van der Waals surface area contributed by atoms with Crippen molar-refractivity contribution in [2.45, 2.75) is 0 Å². The Morgan fingerprint density at radius 1 is 0.548 bits per heavy atom. The Labute approximate surface area is 265 Å². The normalized spacial score (nSPS) is 10.5. The molecule has 0 radical (unpaired) electrons. The number of aromatic nitrogens is 2. The molecule has 206 valence electrons. The third kappa shape index (κ3) is 6.49. The van der Waals surface area contributed by atoms with E-state index in [1.54, 1.807) is 6.07 Å². The van der Waals surface area contributed by atoms with Gasteiger partial charge in [-0.05, 0) is 17.8 Å². The number of aromatic hydroxyl groups is 1. The van der Waals surface area contributed by atoms with Gasteiger partial charge in [-0.15, -0.1) is 0 Å². The molecule has 1 N–H and O–H groups in total. The Kier molecular flexibility index (Phi) is 9.88. The number of imidazole rings is 1. The molecule has 0 fully saturated rings. The first kappa shape index (κ1) is 29.3. The summed E-state index contributed by atoms with van der Waals surface area (Å²) < 4.78 is 8.25. The topological polar surface area (TPSA) is 29.0 Å². The van der Waals surface area contributed by atoms with Crippen molar-refractivity contribution in [2.75, 3.05) is 0 Å². The van der Waals surface area contributed by atoms with E-state index in [9.17, 15) is 5.11 Å². The van der Waals surface area contributed by atoms with Crippen molar-refractivity contribution >= 4 is 38.7 Å². The van der Waals surface area contributed by atoms with Crippen LogP contribution in [0.25, 0.3) is 22.4 Å². The van der Waals surface area contributed by atoms with Gasteiger partial charge in [0.1, 0.15) is 11.4 Å². The fraction of sp³-hybridized carbons (Fsp3) is 0. The van der Waals surface area contributed by atoms with Crippen molar-refractivity contribution in [1.29, 1.82) is 0 Å². The first-order chi connectivity index (χ1) is 20.3. The van der Waals surface area contributed by atoms with Crippen LogP contribution in [0.15, 0.2) is 164 Å². The molecular formula is C37H28AsN2OPt+. The number of phenols is 1. The molecule has 0 aliphatic rings. The third-order valence-electron chi connectivity index (χ3n) is 6.66. The van der Waals surface area contributed by atoms with Crippen LogP contribution in [0.3, 0.4) is 0 Å². The van der Waals surface area contributed by atoms with Gasteiger partial charge in [-0.1, -0.05) is 36.4 Å². The second-order valence-electron chi connectivity index (χ2n) is 9.34. The van der Waals surface area contributed by atoms with E-state index in [0.29, 0.717) is 5.69 Å². The van der Waals surface area contributed by atoms with E-state index in [2.05, 4.69) is 103 Å². The number of nitrogens with zero attached hydrogens (tertiary/aromatic N) is 2. The number of rotatable bonds is 5. The monoisotopic (exact) mass is 786 g/mol. The van der Waals surface area contributed by atoms with Gasteiger partial charge in [0, 0.05) is 0 Å². The minimum atomic E-state index is -1.39. The molecule has 5 heteroatoms. The Balaban J connectivity index is 0.000000166. The van der Waals surface area contributed by atoms with Crippen molar-refractivity contribution in [1.82, 2.24) is 4.57 Å². The van der Waals surface area contributed by atoms with Gasteiger partial charge >= 0.3 is 140 Å². The average molecular weight is 787 g/mol. The Bertz CT molecular complexity index is 1750. The molecule has 0 saturated heterocycles. The number of fused-ring (bicyclic) bond motifs is 1. The molecule has 0 bridgehead atoms. The Morgan fingerprint density at radius 3 is 1.60 bits per heavy atom. The van der Waals surface area contributed by atoms with Gasteiger partial charge in [0.05, 0.1) is 11.0 Å². The molecule has 1 aromatic heterocycles. The summed E-state index contributed by atoms with van der Waals surface area (Å²) in [6.45, 7) is 0. The predicted octanol–water partition coefficient (Wildman–Crippen LogP) is 5.41. The van der Waals surface area contributed by atoms with E-state index in [-0.39, 0.29) is 26.8 Å². The van der Waals surface area contributed by atoms with E-state index in [4.69, 9.17) is 0 Å². The maximum atomic E-state index is 10.1. The van der Waals surface area contributed by atoms with Crippen molar-refractivity contribution in [2.24, 2.45) is 0 Å². The van der Waals surface area contributed by atoms with Gasteiger partial charge in [0.15, 0.2) is 0 Å². The summed E-state index contributed by atoms with van der Waals surface area (Å²) >= 11 is -1.39.